The summed E-state index contributed by atoms with van der Waals surface area (Å²) in [7, 11) is 1.59. The van der Waals surface area contributed by atoms with Crippen LogP contribution in [0.1, 0.15) is 55.5 Å². The van der Waals surface area contributed by atoms with Crippen LogP contribution in [-0.2, 0) is 9.59 Å². The van der Waals surface area contributed by atoms with Gasteiger partial charge >= 0.3 is 0 Å². The fourth-order valence-electron chi connectivity index (χ4n) is 4.15. The average Bonchev–Trinajstić information content (AvgIpc) is 2.99. The van der Waals surface area contributed by atoms with Gasteiger partial charge in [0.2, 0.25) is 0 Å². The first-order valence-corrected chi connectivity index (χ1v) is 10.9. The third-order valence-corrected chi connectivity index (χ3v) is 5.58. The van der Waals surface area contributed by atoms with Crippen molar-refractivity contribution < 1.29 is 24.2 Å². The van der Waals surface area contributed by atoms with Crippen molar-refractivity contribution >= 4 is 17.4 Å². The molecule has 1 unspecified atom stereocenters. The number of amides is 1. The largest absolute Gasteiger partial charge is 0.507 e. The standard InChI is InChI=1S/C26H31NO5/c1-7-12-27-23(18-10-8-9-11-20(18)32-15(2)3)22(25(29)26(27)30)24(28)19-13-17(5)21(31-6)14-16(19)4/h8-11,13-15,23,28H,7,12H2,1-6H3/b24-22+. The van der Waals surface area contributed by atoms with Gasteiger partial charge in [-0.2, -0.15) is 0 Å². The number of Topliss-reactive ketones (excluding diaryl/α,β-unsaturated/α-hetero) is 1. The van der Waals surface area contributed by atoms with Crippen LogP contribution < -0.4 is 9.47 Å². The van der Waals surface area contributed by atoms with E-state index in [1.165, 1.54) is 4.90 Å². The van der Waals surface area contributed by atoms with Gasteiger partial charge < -0.3 is 19.5 Å². The quantitative estimate of drug-likeness (QED) is 0.378. The van der Waals surface area contributed by atoms with Crippen molar-refractivity contribution in [3.05, 3.63) is 64.2 Å². The van der Waals surface area contributed by atoms with Crippen molar-refractivity contribution in [1.29, 1.82) is 0 Å². The molecule has 0 saturated carbocycles. The molecule has 1 fully saturated rings. The molecule has 0 spiro atoms. The fraction of sp³-hybridized carbons (Fsp3) is 0.385. The molecule has 1 aliphatic heterocycles. The number of rotatable bonds is 7. The van der Waals surface area contributed by atoms with Gasteiger partial charge in [0.05, 0.1) is 24.8 Å². The highest BCUT2D eigenvalue weighted by Gasteiger charge is 2.46. The second-order valence-corrected chi connectivity index (χ2v) is 8.33. The van der Waals surface area contributed by atoms with E-state index in [-0.39, 0.29) is 17.4 Å². The molecule has 1 heterocycles. The van der Waals surface area contributed by atoms with E-state index in [1.807, 2.05) is 65.0 Å². The van der Waals surface area contributed by atoms with Gasteiger partial charge in [0.1, 0.15) is 17.3 Å². The summed E-state index contributed by atoms with van der Waals surface area (Å²) in [6, 6.07) is 10.2. The van der Waals surface area contributed by atoms with Gasteiger partial charge in [0.15, 0.2) is 0 Å². The number of ether oxygens (including phenoxy) is 2. The summed E-state index contributed by atoms with van der Waals surface area (Å²) in [5, 5.41) is 11.4. The lowest BCUT2D eigenvalue weighted by atomic mass is 9.92. The summed E-state index contributed by atoms with van der Waals surface area (Å²) in [5.41, 5.74) is 2.83. The Labute approximate surface area is 189 Å². The molecular formula is C26H31NO5. The molecule has 1 amide bonds. The number of carbonyl (C=O) groups is 2. The molecule has 32 heavy (non-hydrogen) atoms. The minimum absolute atomic E-state index is 0.0796. The van der Waals surface area contributed by atoms with Crippen molar-refractivity contribution in [1.82, 2.24) is 4.90 Å². The van der Waals surface area contributed by atoms with Crippen molar-refractivity contribution in [2.24, 2.45) is 0 Å². The molecule has 1 saturated heterocycles. The topological polar surface area (TPSA) is 76.1 Å². The first kappa shape index (κ1) is 23.4. The maximum Gasteiger partial charge on any atom is 0.295 e. The van der Waals surface area contributed by atoms with Gasteiger partial charge in [-0.15, -0.1) is 0 Å². The van der Waals surface area contributed by atoms with E-state index in [0.29, 0.717) is 35.6 Å². The molecule has 1 N–H and O–H groups in total. The van der Waals surface area contributed by atoms with Crippen molar-refractivity contribution in [3.8, 4) is 11.5 Å². The summed E-state index contributed by atoms with van der Waals surface area (Å²) in [6.45, 7) is 9.89. The van der Waals surface area contributed by atoms with Gasteiger partial charge in [-0.3, -0.25) is 9.59 Å². The number of carbonyl (C=O) groups excluding carboxylic acids is 2. The molecule has 2 aromatic rings. The molecule has 3 rings (SSSR count). The number of hydrogen-bond donors (Lipinski definition) is 1. The number of hydrogen-bond acceptors (Lipinski definition) is 5. The van der Waals surface area contributed by atoms with E-state index < -0.39 is 17.7 Å². The van der Waals surface area contributed by atoms with Gasteiger partial charge in [-0.25, -0.2) is 0 Å². The van der Waals surface area contributed by atoms with E-state index >= 15 is 0 Å². The number of aliphatic hydroxyl groups is 1. The highest BCUT2D eigenvalue weighted by molar-refractivity contribution is 6.46. The van der Waals surface area contributed by atoms with E-state index in [1.54, 1.807) is 13.2 Å². The van der Waals surface area contributed by atoms with Crippen LogP contribution in [0.4, 0.5) is 0 Å². The van der Waals surface area contributed by atoms with E-state index in [9.17, 15) is 14.7 Å². The third-order valence-electron chi connectivity index (χ3n) is 5.58. The Kier molecular flexibility index (Phi) is 6.92. The minimum atomic E-state index is -0.730. The molecule has 2 aromatic carbocycles. The second-order valence-electron chi connectivity index (χ2n) is 8.33. The highest BCUT2D eigenvalue weighted by Crippen LogP contribution is 2.43. The summed E-state index contributed by atoms with van der Waals surface area (Å²) in [5.74, 6) is -0.204. The number of benzene rings is 2. The number of nitrogens with zero attached hydrogens (tertiary/aromatic N) is 1. The first-order chi connectivity index (χ1) is 15.2. The lowest BCUT2D eigenvalue weighted by molar-refractivity contribution is -0.139. The van der Waals surface area contributed by atoms with Crippen molar-refractivity contribution in [2.45, 2.75) is 53.2 Å². The molecule has 1 atom stereocenters. The zero-order valence-corrected chi connectivity index (χ0v) is 19.6. The zero-order chi connectivity index (χ0) is 23.6. The first-order valence-electron chi connectivity index (χ1n) is 10.9. The molecule has 0 radical (unpaired) electrons. The smallest absolute Gasteiger partial charge is 0.295 e. The zero-order valence-electron chi connectivity index (χ0n) is 19.6. The van der Waals surface area contributed by atoms with Crippen LogP contribution in [0.2, 0.25) is 0 Å². The van der Waals surface area contributed by atoms with Gasteiger partial charge in [0, 0.05) is 17.7 Å². The van der Waals surface area contributed by atoms with Crippen LogP contribution in [0.5, 0.6) is 11.5 Å². The van der Waals surface area contributed by atoms with Gasteiger partial charge in [-0.05, 0) is 63.4 Å². The SMILES string of the molecule is CCCN1C(=O)C(=O)/C(=C(/O)c2cc(C)c(OC)cc2C)C1c1ccccc1OC(C)C. The Morgan fingerprint density at radius 1 is 1.09 bits per heavy atom. The Bertz CT molecular complexity index is 1070. The van der Waals surface area contributed by atoms with Crippen LogP contribution in [-0.4, -0.2) is 41.5 Å². The van der Waals surface area contributed by atoms with E-state index in [2.05, 4.69) is 0 Å². The number of aryl methyl sites for hydroxylation is 2. The Morgan fingerprint density at radius 3 is 2.41 bits per heavy atom. The fourth-order valence-corrected chi connectivity index (χ4v) is 4.15. The Balaban J connectivity index is 2.27. The summed E-state index contributed by atoms with van der Waals surface area (Å²) < 4.78 is 11.4. The predicted octanol–water partition coefficient (Wildman–Crippen LogP) is 4.93. The Morgan fingerprint density at radius 2 is 1.78 bits per heavy atom. The molecule has 0 bridgehead atoms. The number of aliphatic hydroxyl groups excluding tert-OH is 1. The number of para-hydroxylation sites is 1. The van der Waals surface area contributed by atoms with Crippen LogP contribution in [0.25, 0.3) is 5.76 Å². The molecule has 6 nitrogen and oxygen atoms in total. The van der Waals surface area contributed by atoms with Gasteiger partial charge in [-0.1, -0.05) is 25.1 Å². The molecule has 0 aromatic heterocycles. The van der Waals surface area contributed by atoms with Gasteiger partial charge in [0.25, 0.3) is 11.7 Å². The maximum absolute atomic E-state index is 13.2. The monoisotopic (exact) mass is 437 g/mol. The van der Waals surface area contributed by atoms with Crippen molar-refractivity contribution in [2.75, 3.05) is 13.7 Å². The lowest BCUT2D eigenvalue weighted by Crippen LogP contribution is -2.30. The highest BCUT2D eigenvalue weighted by atomic mass is 16.5. The number of likely N-dealkylation sites (tertiary alicyclic amines) is 1. The van der Waals surface area contributed by atoms with Crippen LogP contribution in [0, 0.1) is 13.8 Å². The average molecular weight is 438 g/mol. The molecule has 170 valence electrons. The van der Waals surface area contributed by atoms with Crippen LogP contribution in [0.15, 0.2) is 42.0 Å². The summed E-state index contributed by atoms with van der Waals surface area (Å²) in [4.78, 5) is 27.7. The van der Waals surface area contributed by atoms with E-state index in [4.69, 9.17) is 9.47 Å². The predicted molar refractivity (Wildman–Crippen MR) is 124 cm³/mol. The summed E-state index contributed by atoms with van der Waals surface area (Å²) in [6.07, 6.45) is 0.591. The lowest BCUT2D eigenvalue weighted by Gasteiger charge is -2.27. The number of methoxy groups -OCH3 is 1. The second kappa shape index (κ2) is 9.47. The maximum atomic E-state index is 13.2. The van der Waals surface area contributed by atoms with Crippen LogP contribution >= 0.6 is 0 Å². The summed E-state index contributed by atoms with van der Waals surface area (Å²) >= 11 is 0. The molecule has 0 aliphatic carbocycles. The van der Waals surface area contributed by atoms with E-state index in [0.717, 1.165) is 11.1 Å². The minimum Gasteiger partial charge on any atom is -0.507 e. The number of ketones is 1. The molecule has 6 heteroatoms. The van der Waals surface area contributed by atoms with Crippen LogP contribution in [0.3, 0.4) is 0 Å². The molecular weight excluding hydrogens is 406 g/mol. The van der Waals surface area contributed by atoms with Crippen molar-refractivity contribution in [3.63, 3.8) is 0 Å². The molecule has 1 aliphatic rings. The third kappa shape index (κ3) is 4.22. The normalized spacial score (nSPS) is 17.8. The Hall–Kier alpha value is -3.28.